The molecule has 3 atom stereocenters. The lowest BCUT2D eigenvalue weighted by molar-refractivity contribution is -0.127. The molecule has 1 aliphatic rings. The fourth-order valence-corrected chi connectivity index (χ4v) is 2.28. The summed E-state index contributed by atoms with van der Waals surface area (Å²) in [6.07, 6.45) is 1.78. The van der Waals surface area contributed by atoms with Crippen LogP contribution in [0.5, 0.6) is 0 Å². The zero-order valence-electron chi connectivity index (χ0n) is 10.5. The Hall–Kier alpha value is -1.14. The van der Waals surface area contributed by atoms with Crippen molar-refractivity contribution in [2.75, 3.05) is 13.1 Å². The van der Waals surface area contributed by atoms with E-state index in [4.69, 9.17) is 11.6 Å². The summed E-state index contributed by atoms with van der Waals surface area (Å²) in [5.74, 6) is 4.39. The van der Waals surface area contributed by atoms with Gasteiger partial charge in [0.15, 0.2) is 0 Å². The molecule has 6 nitrogen and oxygen atoms in total. The summed E-state index contributed by atoms with van der Waals surface area (Å²) in [6.45, 7) is 5.34. The van der Waals surface area contributed by atoms with Crippen LogP contribution in [0.15, 0.2) is 0 Å². The van der Waals surface area contributed by atoms with E-state index in [-0.39, 0.29) is 29.7 Å². The highest BCUT2D eigenvalue weighted by molar-refractivity contribution is 5.78. The number of nitrogens with one attached hydrogen (secondary N) is 1. The molecule has 17 heavy (non-hydrogen) atoms. The average molecular weight is 242 g/mol. The average Bonchev–Trinajstić information content (AvgIpc) is 2.36. The molecule has 0 aliphatic carbocycles. The van der Waals surface area contributed by atoms with Gasteiger partial charge < -0.3 is 5.73 Å². The topological polar surface area (TPSA) is 101 Å². The fourth-order valence-electron chi connectivity index (χ4n) is 2.28. The summed E-state index contributed by atoms with van der Waals surface area (Å²) in [5.41, 5.74) is 7.49. The van der Waals surface area contributed by atoms with Gasteiger partial charge in [0.25, 0.3) is 0 Å². The van der Waals surface area contributed by atoms with Gasteiger partial charge in [0, 0.05) is 12.6 Å². The maximum absolute atomic E-state index is 11.5. The summed E-state index contributed by atoms with van der Waals surface area (Å²) < 4.78 is 0. The maximum Gasteiger partial charge on any atom is 0.238 e. The van der Waals surface area contributed by atoms with Crippen molar-refractivity contribution in [2.45, 2.75) is 32.7 Å². The van der Waals surface area contributed by atoms with E-state index >= 15 is 0 Å². The molecule has 3 unspecified atom stereocenters. The zero-order chi connectivity index (χ0) is 13.0. The van der Waals surface area contributed by atoms with E-state index in [1.807, 2.05) is 13.8 Å². The number of amides is 2. The van der Waals surface area contributed by atoms with Crippen LogP contribution in [0.3, 0.4) is 0 Å². The molecular formula is C11H22N4O2. The maximum atomic E-state index is 11.5. The first-order valence-corrected chi connectivity index (χ1v) is 6.01. The van der Waals surface area contributed by atoms with Crippen LogP contribution in [-0.4, -0.2) is 35.8 Å². The minimum Gasteiger partial charge on any atom is -0.369 e. The Balaban J connectivity index is 2.59. The second-order valence-corrected chi connectivity index (χ2v) is 4.77. The molecule has 0 bridgehead atoms. The Labute approximate surface area is 102 Å². The molecule has 5 N–H and O–H groups in total. The highest BCUT2D eigenvalue weighted by atomic mass is 16.2. The van der Waals surface area contributed by atoms with Gasteiger partial charge in [-0.1, -0.05) is 6.92 Å². The van der Waals surface area contributed by atoms with Gasteiger partial charge in [-0.05, 0) is 26.3 Å². The van der Waals surface area contributed by atoms with Gasteiger partial charge in [-0.25, -0.2) is 5.84 Å². The van der Waals surface area contributed by atoms with Gasteiger partial charge in [0.05, 0.1) is 11.8 Å². The predicted octanol–water partition coefficient (Wildman–Crippen LogP) is -0.802. The Morgan fingerprint density at radius 1 is 1.41 bits per heavy atom. The fraction of sp³-hybridized carbons (Fsp3) is 0.818. The lowest BCUT2D eigenvalue weighted by Gasteiger charge is -2.37. The lowest BCUT2D eigenvalue weighted by Crippen LogP contribution is -2.50. The van der Waals surface area contributed by atoms with Crippen LogP contribution in [0.2, 0.25) is 0 Å². The number of hydrogen-bond donors (Lipinski definition) is 3. The van der Waals surface area contributed by atoms with Gasteiger partial charge in [0.1, 0.15) is 0 Å². The minimum absolute atomic E-state index is 0.0562. The van der Waals surface area contributed by atoms with Crippen molar-refractivity contribution in [3.63, 3.8) is 0 Å². The molecule has 0 radical (unpaired) electrons. The molecule has 0 aromatic rings. The van der Waals surface area contributed by atoms with Gasteiger partial charge >= 0.3 is 0 Å². The van der Waals surface area contributed by atoms with E-state index in [0.29, 0.717) is 6.54 Å². The van der Waals surface area contributed by atoms with Crippen LogP contribution >= 0.6 is 0 Å². The molecular weight excluding hydrogens is 220 g/mol. The quantitative estimate of drug-likeness (QED) is 0.341. The van der Waals surface area contributed by atoms with Crippen molar-refractivity contribution >= 4 is 11.8 Å². The molecule has 98 valence electrons. The molecule has 2 amide bonds. The van der Waals surface area contributed by atoms with Crippen LogP contribution in [0.25, 0.3) is 0 Å². The Kier molecular flexibility index (Phi) is 4.89. The van der Waals surface area contributed by atoms with Crippen molar-refractivity contribution < 1.29 is 9.59 Å². The first-order chi connectivity index (χ1) is 7.97. The number of rotatable bonds is 4. The SMILES string of the molecule is CC(C(=O)NN)C(C)N1CCCC(C(N)=O)C1. The van der Waals surface area contributed by atoms with Gasteiger partial charge in [-0.3, -0.25) is 19.9 Å². The Bertz CT molecular complexity index is 295. The lowest BCUT2D eigenvalue weighted by atomic mass is 9.93. The molecule has 0 aromatic heterocycles. The summed E-state index contributed by atoms with van der Waals surface area (Å²) >= 11 is 0. The van der Waals surface area contributed by atoms with Crippen LogP contribution < -0.4 is 17.0 Å². The van der Waals surface area contributed by atoms with Gasteiger partial charge in [0.2, 0.25) is 11.8 Å². The van der Waals surface area contributed by atoms with E-state index in [2.05, 4.69) is 10.3 Å². The normalized spacial score (nSPS) is 25.0. The number of piperidine rings is 1. The summed E-state index contributed by atoms with van der Waals surface area (Å²) in [6, 6.07) is 0.0562. The van der Waals surface area contributed by atoms with Crippen molar-refractivity contribution in [3.05, 3.63) is 0 Å². The zero-order valence-corrected chi connectivity index (χ0v) is 10.5. The molecule has 1 heterocycles. The highest BCUT2D eigenvalue weighted by Crippen LogP contribution is 2.21. The largest absolute Gasteiger partial charge is 0.369 e. The molecule has 0 aromatic carbocycles. The first-order valence-electron chi connectivity index (χ1n) is 6.01. The van der Waals surface area contributed by atoms with E-state index in [9.17, 15) is 9.59 Å². The molecule has 0 spiro atoms. The van der Waals surface area contributed by atoms with E-state index < -0.39 is 0 Å². The highest BCUT2D eigenvalue weighted by Gasteiger charge is 2.31. The molecule has 1 fully saturated rings. The van der Waals surface area contributed by atoms with E-state index in [1.54, 1.807) is 0 Å². The van der Waals surface area contributed by atoms with Gasteiger partial charge in [-0.2, -0.15) is 0 Å². The van der Waals surface area contributed by atoms with Crippen LogP contribution in [0.1, 0.15) is 26.7 Å². The predicted molar refractivity (Wildman–Crippen MR) is 64.4 cm³/mol. The summed E-state index contributed by atoms with van der Waals surface area (Å²) in [5, 5.41) is 0. The number of carbonyl (C=O) groups is 2. The van der Waals surface area contributed by atoms with Crippen LogP contribution in [0.4, 0.5) is 0 Å². The monoisotopic (exact) mass is 242 g/mol. The third-order valence-electron chi connectivity index (χ3n) is 3.71. The van der Waals surface area contributed by atoms with Gasteiger partial charge in [-0.15, -0.1) is 0 Å². The molecule has 0 saturated carbocycles. The summed E-state index contributed by atoms with van der Waals surface area (Å²) in [4.78, 5) is 24.8. The van der Waals surface area contributed by atoms with E-state index in [1.165, 1.54) is 0 Å². The Morgan fingerprint density at radius 2 is 2.06 bits per heavy atom. The Morgan fingerprint density at radius 3 is 2.59 bits per heavy atom. The second-order valence-electron chi connectivity index (χ2n) is 4.77. The number of hydrogen-bond acceptors (Lipinski definition) is 4. The standard InChI is InChI=1S/C11H22N4O2/c1-7(11(17)14-13)8(2)15-5-3-4-9(6-15)10(12)16/h7-9H,3-6,13H2,1-2H3,(H2,12,16)(H,14,17). The van der Waals surface area contributed by atoms with Crippen molar-refractivity contribution in [3.8, 4) is 0 Å². The number of primary amides is 1. The number of hydrazine groups is 1. The third kappa shape index (κ3) is 3.41. The smallest absolute Gasteiger partial charge is 0.238 e. The molecule has 6 heteroatoms. The van der Waals surface area contributed by atoms with Crippen LogP contribution in [-0.2, 0) is 9.59 Å². The van der Waals surface area contributed by atoms with Crippen molar-refractivity contribution in [1.29, 1.82) is 0 Å². The molecule has 1 saturated heterocycles. The number of carbonyl (C=O) groups excluding carboxylic acids is 2. The first kappa shape index (κ1) is 13.9. The third-order valence-corrected chi connectivity index (χ3v) is 3.71. The van der Waals surface area contributed by atoms with Crippen LogP contribution in [0, 0.1) is 11.8 Å². The minimum atomic E-state index is -0.252. The van der Waals surface area contributed by atoms with Crippen molar-refractivity contribution in [2.24, 2.45) is 23.4 Å². The number of nitrogens with zero attached hydrogens (tertiary/aromatic N) is 1. The number of nitrogens with two attached hydrogens (primary N) is 2. The van der Waals surface area contributed by atoms with Crippen molar-refractivity contribution in [1.82, 2.24) is 10.3 Å². The number of likely N-dealkylation sites (tertiary alicyclic amines) is 1. The van der Waals surface area contributed by atoms with E-state index in [0.717, 1.165) is 19.4 Å². The molecule has 1 rings (SSSR count). The molecule has 1 aliphatic heterocycles. The second kappa shape index (κ2) is 5.97. The summed E-state index contributed by atoms with van der Waals surface area (Å²) in [7, 11) is 0.